The van der Waals surface area contributed by atoms with Gasteiger partial charge in [0, 0.05) is 6.42 Å². The fourth-order valence-electron chi connectivity index (χ4n) is 2.59. The quantitative estimate of drug-likeness (QED) is 0.210. The van der Waals surface area contributed by atoms with Crippen molar-refractivity contribution in [3.63, 3.8) is 0 Å². The predicted molar refractivity (Wildman–Crippen MR) is 102 cm³/mol. The van der Waals surface area contributed by atoms with Gasteiger partial charge in [-0.3, -0.25) is 9.59 Å². The van der Waals surface area contributed by atoms with Crippen LogP contribution in [-0.4, -0.2) is 55.1 Å². The Hall–Kier alpha value is 0.1000. The van der Waals surface area contributed by atoms with Crippen LogP contribution in [0.5, 0.6) is 0 Å². The molecule has 0 aromatic heterocycles. The number of unbranched alkanes of at least 4 members (excludes halogenated alkanes) is 9. The Bertz CT molecular complexity index is 309. The van der Waals surface area contributed by atoms with Crippen LogP contribution >= 0.6 is 0 Å². The number of carbonyl (C=O) groups is 2. The van der Waals surface area contributed by atoms with Crippen molar-refractivity contribution in [3.8, 4) is 0 Å². The third kappa shape index (κ3) is 20.1. The molecular formula is C19H38NNaO3. The van der Waals surface area contributed by atoms with Crippen LogP contribution in [0.3, 0.4) is 0 Å². The van der Waals surface area contributed by atoms with E-state index in [0.717, 1.165) is 18.8 Å². The first kappa shape index (κ1) is 26.3. The summed E-state index contributed by atoms with van der Waals surface area (Å²) in [4.78, 5) is 22.4. The van der Waals surface area contributed by atoms with E-state index in [-0.39, 0.29) is 36.1 Å². The maximum absolute atomic E-state index is 11.4. The zero-order valence-electron chi connectivity index (χ0n) is 15.5. The molecule has 0 aliphatic carbocycles. The van der Waals surface area contributed by atoms with E-state index in [4.69, 9.17) is 0 Å². The third-order valence-electron chi connectivity index (χ3n) is 3.96. The van der Waals surface area contributed by atoms with Crippen molar-refractivity contribution in [3.05, 3.63) is 0 Å². The van der Waals surface area contributed by atoms with Crippen LogP contribution in [0.4, 0.5) is 0 Å². The van der Waals surface area contributed by atoms with Crippen molar-refractivity contribution >= 4 is 41.5 Å². The van der Waals surface area contributed by atoms with E-state index in [0.29, 0.717) is 6.42 Å². The van der Waals surface area contributed by atoms with Gasteiger partial charge in [0.2, 0.25) is 0 Å². The zero-order valence-corrected chi connectivity index (χ0v) is 15.5. The molecule has 0 saturated carbocycles. The van der Waals surface area contributed by atoms with Gasteiger partial charge in [0.1, 0.15) is 0 Å². The van der Waals surface area contributed by atoms with Gasteiger partial charge in [-0.2, -0.15) is 0 Å². The molecule has 0 bridgehead atoms. The molecule has 0 fully saturated rings. The molecule has 0 aromatic carbocycles. The van der Waals surface area contributed by atoms with E-state index in [1.165, 1.54) is 57.8 Å². The van der Waals surface area contributed by atoms with E-state index < -0.39 is 11.9 Å². The van der Waals surface area contributed by atoms with Crippen LogP contribution in [0.2, 0.25) is 0 Å². The summed E-state index contributed by atoms with van der Waals surface area (Å²) in [5.41, 5.74) is 0. The van der Waals surface area contributed by atoms with Gasteiger partial charge in [0.15, 0.2) is 0 Å². The van der Waals surface area contributed by atoms with E-state index in [1.54, 1.807) is 7.05 Å². The summed E-state index contributed by atoms with van der Waals surface area (Å²) in [6.45, 7) is 4.67. The number of esters is 2. The molecule has 0 aliphatic heterocycles. The molecule has 0 amide bonds. The number of likely N-dealkylation sites (N-methyl/N-ethyl adjacent to an activating group) is 1. The molecule has 0 spiro atoms. The standard InChI is InChI=1S/C19H37NO3.Na.H/c1-17(2)14-12-10-8-6-4-5-7-9-11-13-15-18(21)23-19(22)16-20-3;;/h17,20H,4-16H2,1-3H3;;. The third-order valence-corrected chi connectivity index (χ3v) is 3.96. The second-order valence-electron chi connectivity index (χ2n) is 6.84. The Morgan fingerprint density at radius 1 is 0.792 bits per heavy atom. The Morgan fingerprint density at radius 3 is 1.71 bits per heavy atom. The van der Waals surface area contributed by atoms with E-state index in [9.17, 15) is 9.59 Å². The summed E-state index contributed by atoms with van der Waals surface area (Å²) in [6.07, 6.45) is 14.1. The minimum absolute atomic E-state index is 0. The number of rotatable bonds is 15. The number of carbonyl (C=O) groups excluding carboxylic acids is 2. The van der Waals surface area contributed by atoms with Gasteiger partial charge in [-0.05, 0) is 19.4 Å². The van der Waals surface area contributed by atoms with Gasteiger partial charge in [-0.1, -0.05) is 78.1 Å². The Balaban J connectivity index is 0. The van der Waals surface area contributed by atoms with Crippen molar-refractivity contribution in [2.45, 2.75) is 90.9 Å². The van der Waals surface area contributed by atoms with Crippen LogP contribution in [0, 0.1) is 5.92 Å². The molecule has 0 aliphatic rings. The van der Waals surface area contributed by atoms with Crippen LogP contribution in [0.25, 0.3) is 0 Å². The maximum atomic E-state index is 11.4. The second-order valence-corrected chi connectivity index (χ2v) is 6.84. The summed E-state index contributed by atoms with van der Waals surface area (Å²) in [5.74, 6) is -0.0498. The van der Waals surface area contributed by atoms with E-state index in [1.807, 2.05) is 0 Å². The molecule has 0 heterocycles. The number of ether oxygens (including phenoxy) is 1. The molecule has 0 saturated heterocycles. The van der Waals surface area contributed by atoms with Crippen molar-refractivity contribution in [1.29, 1.82) is 0 Å². The fourth-order valence-corrected chi connectivity index (χ4v) is 2.59. The van der Waals surface area contributed by atoms with Gasteiger partial charge < -0.3 is 10.1 Å². The molecule has 0 aromatic rings. The van der Waals surface area contributed by atoms with E-state index >= 15 is 0 Å². The summed E-state index contributed by atoms with van der Waals surface area (Å²) >= 11 is 0. The zero-order chi connectivity index (χ0) is 17.3. The summed E-state index contributed by atoms with van der Waals surface area (Å²) in [7, 11) is 1.65. The first-order chi connectivity index (χ1) is 11.1. The summed E-state index contributed by atoms with van der Waals surface area (Å²) in [6, 6.07) is 0. The Kier molecular flexibility index (Phi) is 21.3. The number of hydrogen-bond acceptors (Lipinski definition) is 4. The Labute approximate surface area is 171 Å². The molecule has 5 heteroatoms. The minimum atomic E-state index is -0.495. The average Bonchev–Trinajstić information content (AvgIpc) is 2.48. The van der Waals surface area contributed by atoms with Gasteiger partial charge in [-0.15, -0.1) is 0 Å². The SMILES string of the molecule is CNCC(=O)OC(=O)CCCCCCCCCCCCC(C)C.[NaH]. The second kappa shape index (κ2) is 19.4. The summed E-state index contributed by atoms with van der Waals surface area (Å²) < 4.78 is 4.66. The van der Waals surface area contributed by atoms with Crippen molar-refractivity contribution in [1.82, 2.24) is 5.32 Å². The predicted octanol–water partition coefficient (Wildman–Crippen LogP) is 3.96. The van der Waals surface area contributed by atoms with Crippen molar-refractivity contribution in [2.75, 3.05) is 13.6 Å². The van der Waals surface area contributed by atoms with E-state index in [2.05, 4.69) is 23.9 Å². The number of nitrogens with one attached hydrogen (secondary N) is 1. The van der Waals surface area contributed by atoms with Crippen molar-refractivity contribution < 1.29 is 14.3 Å². The van der Waals surface area contributed by atoms with Crippen LogP contribution in [0.1, 0.15) is 90.9 Å². The summed E-state index contributed by atoms with van der Waals surface area (Å²) in [5, 5.41) is 2.66. The molecule has 24 heavy (non-hydrogen) atoms. The molecule has 1 N–H and O–H groups in total. The Morgan fingerprint density at radius 2 is 1.25 bits per heavy atom. The van der Waals surface area contributed by atoms with Gasteiger partial charge >= 0.3 is 41.5 Å². The molecule has 0 rings (SSSR count). The normalized spacial score (nSPS) is 10.5. The van der Waals surface area contributed by atoms with Crippen LogP contribution < -0.4 is 5.32 Å². The number of hydrogen-bond donors (Lipinski definition) is 1. The van der Waals surface area contributed by atoms with Gasteiger partial charge in [0.05, 0.1) is 6.54 Å². The average molecular weight is 352 g/mol. The fraction of sp³-hybridized carbons (Fsp3) is 0.895. The molecule has 4 nitrogen and oxygen atoms in total. The molecule has 0 unspecified atom stereocenters. The molecule has 0 atom stereocenters. The van der Waals surface area contributed by atoms with Crippen molar-refractivity contribution in [2.24, 2.45) is 5.92 Å². The van der Waals surface area contributed by atoms with Gasteiger partial charge in [-0.25, -0.2) is 0 Å². The van der Waals surface area contributed by atoms with Gasteiger partial charge in [0.25, 0.3) is 0 Å². The molecule has 138 valence electrons. The monoisotopic (exact) mass is 351 g/mol. The first-order valence-electron chi connectivity index (χ1n) is 9.44. The van der Waals surface area contributed by atoms with Crippen LogP contribution in [0.15, 0.2) is 0 Å². The molecular weight excluding hydrogens is 313 g/mol. The molecule has 0 radical (unpaired) electrons. The van der Waals surface area contributed by atoms with Crippen LogP contribution in [-0.2, 0) is 14.3 Å². The topological polar surface area (TPSA) is 55.4 Å². The first-order valence-corrected chi connectivity index (χ1v) is 9.44.